The first-order valence-corrected chi connectivity index (χ1v) is 9.36. The molecule has 138 valence electrons. The molecule has 3 aromatic rings. The third kappa shape index (κ3) is 3.85. The van der Waals surface area contributed by atoms with E-state index in [0.717, 1.165) is 16.7 Å². The first kappa shape index (κ1) is 18.3. The summed E-state index contributed by atoms with van der Waals surface area (Å²) in [5.41, 5.74) is 0.599. The zero-order valence-electron chi connectivity index (χ0n) is 15.3. The van der Waals surface area contributed by atoms with Crippen molar-refractivity contribution in [1.82, 2.24) is 20.2 Å². The summed E-state index contributed by atoms with van der Waals surface area (Å²) in [5, 5.41) is 12.7. The van der Waals surface area contributed by atoms with Gasteiger partial charge in [0.25, 0.3) is 0 Å². The zero-order chi connectivity index (χ0) is 18.9. The lowest BCUT2D eigenvalue weighted by molar-refractivity contribution is -0.119. The number of carbonyl (C=O) groups excluding carboxylic acids is 1. The van der Waals surface area contributed by atoms with E-state index in [2.05, 4.69) is 15.5 Å². The molecule has 0 aliphatic heterocycles. The van der Waals surface area contributed by atoms with Crippen LogP contribution in [0.4, 0.5) is 0 Å². The summed E-state index contributed by atoms with van der Waals surface area (Å²) < 4.78 is 7.23. The Morgan fingerprint density at radius 2 is 2.08 bits per heavy atom. The van der Waals surface area contributed by atoms with E-state index in [1.807, 2.05) is 58.0 Å². The summed E-state index contributed by atoms with van der Waals surface area (Å²) in [5.74, 6) is 7.51. The molecule has 3 rings (SSSR count). The lowest BCUT2D eigenvalue weighted by atomic mass is 9.96. The third-order valence-electron chi connectivity index (χ3n) is 3.92. The molecule has 7 nitrogen and oxygen atoms in total. The Labute approximate surface area is 156 Å². The molecule has 1 aromatic carbocycles. The molecule has 0 aliphatic rings. The molecule has 2 heterocycles. The molecular formula is C18H23N5O2S. The number of nitrogen functional groups attached to an aromatic ring is 1. The van der Waals surface area contributed by atoms with Gasteiger partial charge in [0.15, 0.2) is 5.82 Å². The van der Waals surface area contributed by atoms with Crippen molar-refractivity contribution >= 4 is 28.6 Å². The lowest BCUT2D eigenvalue weighted by Crippen LogP contribution is -2.28. The molecule has 0 aliphatic carbocycles. The van der Waals surface area contributed by atoms with E-state index in [0.29, 0.717) is 11.0 Å². The summed E-state index contributed by atoms with van der Waals surface area (Å²) in [4.78, 5) is 12.3. The van der Waals surface area contributed by atoms with Crippen LogP contribution < -0.4 is 11.2 Å². The molecule has 0 radical (unpaired) electrons. The van der Waals surface area contributed by atoms with Crippen molar-refractivity contribution in [2.75, 3.05) is 11.6 Å². The average molecular weight is 373 g/mol. The van der Waals surface area contributed by atoms with Crippen molar-refractivity contribution in [2.24, 2.45) is 0 Å². The van der Waals surface area contributed by atoms with Gasteiger partial charge in [0.2, 0.25) is 11.1 Å². The second-order valence-electron chi connectivity index (χ2n) is 7.19. The van der Waals surface area contributed by atoms with E-state index < -0.39 is 0 Å². The maximum atomic E-state index is 12.3. The van der Waals surface area contributed by atoms with Crippen LogP contribution in [-0.4, -0.2) is 26.5 Å². The Bertz CT molecular complexity index is 892. The Morgan fingerprint density at radius 3 is 2.73 bits per heavy atom. The van der Waals surface area contributed by atoms with Crippen molar-refractivity contribution < 1.29 is 9.21 Å². The van der Waals surface area contributed by atoms with E-state index in [1.54, 1.807) is 0 Å². The van der Waals surface area contributed by atoms with Gasteiger partial charge in [0, 0.05) is 10.8 Å². The molecule has 3 N–H and O–H groups in total. The van der Waals surface area contributed by atoms with E-state index >= 15 is 0 Å². The van der Waals surface area contributed by atoms with Gasteiger partial charge in [0.05, 0.1) is 11.8 Å². The normalized spacial score (nSPS) is 13.1. The van der Waals surface area contributed by atoms with Crippen LogP contribution >= 0.6 is 11.8 Å². The molecule has 2 aromatic heterocycles. The molecule has 0 unspecified atom stereocenters. The number of amides is 1. The van der Waals surface area contributed by atoms with Crippen LogP contribution in [0.25, 0.3) is 11.0 Å². The Hall–Kier alpha value is -2.48. The number of nitrogens with one attached hydrogen (secondary N) is 1. The second-order valence-corrected chi connectivity index (χ2v) is 8.13. The predicted octanol–water partition coefficient (Wildman–Crippen LogP) is 3.01. The minimum atomic E-state index is -0.226. The highest BCUT2D eigenvalue weighted by Gasteiger charge is 2.23. The fourth-order valence-corrected chi connectivity index (χ4v) is 3.25. The van der Waals surface area contributed by atoms with E-state index in [-0.39, 0.29) is 23.1 Å². The zero-order valence-corrected chi connectivity index (χ0v) is 16.1. The standard InChI is InChI=1S/C18H23N5O2S/c1-11(14-9-12-7-5-6-8-13(12)25-14)20-15(24)10-26-17-22-21-16(23(17)19)18(2,3)4/h5-9,11H,10,19H2,1-4H3,(H,20,24)/t11-/m0/s1. The molecule has 26 heavy (non-hydrogen) atoms. The minimum Gasteiger partial charge on any atom is -0.459 e. The first-order valence-electron chi connectivity index (χ1n) is 8.37. The van der Waals surface area contributed by atoms with Crippen molar-refractivity contribution in [3.05, 3.63) is 41.9 Å². The average Bonchev–Trinajstić information content (AvgIpc) is 3.16. The van der Waals surface area contributed by atoms with Gasteiger partial charge in [-0.15, -0.1) is 10.2 Å². The van der Waals surface area contributed by atoms with Crippen LogP contribution in [0, 0.1) is 0 Å². The van der Waals surface area contributed by atoms with Crippen molar-refractivity contribution in [3.8, 4) is 0 Å². The number of furan rings is 1. The van der Waals surface area contributed by atoms with Gasteiger partial charge in [0.1, 0.15) is 11.3 Å². The maximum absolute atomic E-state index is 12.3. The molecule has 0 saturated heterocycles. The van der Waals surface area contributed by atoms with Crippen molar-refractivity contribution in [2.45, 2.75) is 44.3 Å². The molecule has 0 bridgehead atoms. The molecule has 8 heteroatoms. The van der Waals surface area contributed by atoms with Crippen LogP contribution in [0.15, 0.2) is 39.9 Å². The van der Waals surface area contributed by atoms with Gasteiger partial charge >= 0.3 is 0 Å². The fraction of sp³-hybridized carbons (Fsp3) is 0.389. The Morgan fingerprint density at radius 1 is 1.35 bits per heavy atom. The number of rotatable bonds is 5. The smallest absolute Gasteiger partial charge is 0.231 e. The SMILES string of the molecule is C[C@H](NC(=O)CSc1nnc(C(C)(C)C)n1N)c1cc2ccccc2o1. The summed E-state index contributed by atoms with van der Waals surface area (Å²) in [7, 11) is 0. The quantitative estimate of drug-likeness (QED) is 0.527. The topological polar surface area (TPSA) is 99.0 Å². The molecule has 0 saturated carbocycles. The van der Waals surface area contributed by atoms with E-state index in [4.69, 9.17) is 10.3 Å². The summed E-state index contributed by atoms with van der Waals surface area (Å²) in [6.45, 7) is 7.92. The van der Waals surface area contributed by atoms with Gasteiger partial charge < -0.3 is 15.6 Å². The number of para-hydroxylation sites is 1. The molecular weight excluding hydrogens is 350 g/mol. The summed E-state index contributed by atoms with van der Waals surface area (Å²) in [6.07, 6.45) is 0. The van der Waals surface area contributed by atoms with Crippen LogP contribution in [-0.2, 0) is 10.2 Å². The second kappa shape index (κ2) is 7.03. The minimum absolute atomic E-state index is 0.122. The van der Waals surface area contributed by atoms with Gasteiger partial charge in [-0.1, -0.05) is 50.7 Å². The molecule has 1 atom stereocenters. The number of hydrogen-bond donors (Lipinski definition) is 2. The predicted molar refractivity (Wildman–Crippen MR) is 102 cm³/mol. The Balaban J connectivity index is 1.59. The van der Waals surface area contributed by atoms with Crippen molar-refractivity contribution in [1.29, 1.82) is 0 Å². The number of fused-ring (bicyclic) bond motifs is 1. The largest absolute Gasteiger partial charge is 0.459 e. The fourth-order valence-electron chi connectivity index (χ4n) is 2.59. The third-order valence-corrected chi connectivity index (χ3v) is 4.86. The number of aromatic nitrogens is 3. The lowest BCUT2D eigenvalue weighted by Gasteiger charge is -2.16. The van der Waals surface area contributed by atoms with Crippen LogP contribution in [0.2, 0.25) is 0 Å². The highest BCUT2D eigenvalue weighted by Crippen LogP contribution is 2.25. The first-order chi connectivity index (χ1) is 12.3. The molecule has 0 spiro atoms. The number of hydrogen-bond acceptors (Lipinski definition) is 6. The molecule has 1 amide bonds. The number of carbonyl (C=O) groups is 1. The number of nitrogens with two attached hydrogens (primary N) is 1. The van der Waals surface area contributed by atoms with Crippen LogP contribution in [0.3, 0.4) is 0 Å². The van der Waals surface area contributed by atoms with Gasteiger partial charge in [-0.25, -0.2) is 4.68 Å². The van der Waals surface area contributed by atoms with Crippen molar-refractivity contribution in [3.63, 3.8) is 0 Å². The monoisotopic (exact) mass is 373 g/mol. The van der Waals surface area contributed by atoms with Crippen LogP contribution in [0.1, 0.15) is 45.3 Å². The molecule has 0 fully saturated rings. The van der Waals surface area contributed by atoms with Crippen LogP contribution in [0.5, 0.6) is 0 Å². The highest BCUT2D eigenvalue weighted by atomic mass is 32.2. The van der Waals surface area contributed by atoms with E-state index in [1.165, 1.54) is 16.4 Å². The summed E-state index contributed by atoms with van der Waals surface area (Å²) in [6, 6.07) is 9.48. The maximum Gasteiger partial charge on any atom is 0.231 e. The number of nitrogens with zero attached hydrogens (tertiary/aromatic N) is 3. The van der Waals surface area contributed by atoms with Gasteiger partial charge in [-0.2, -0.15) is 0 Å². The summed E-state index contributed by atoms with van der Waals surface area (Å²) >= 11 is 1.26. The number of thioether (sulfide) groups is 1. The Kier molecular flexibility index (Phi) is 4.95. The van der Waals surface area contributed by atoms with E-state index in [9.17, 15) is 4.79 Å². The van der Waals surface area contributed by atoms with Gasteiger partial charge in [-0.05, 0) is 19.1 Å². The highest BCUT2D eigenvalue weighted by molar-refractivity contribution is 7.99. The number of benzene rings is 1. The van der Waals surface area contributed by atoms with Gasteiger partial charge in [-0.3, -0.25) is 4.79 Å².